The monoisotopic (exact) mass is 426 g/mol. The van der Waals surface area contributed by atoms with Crippen LogP contribution in [0.4, 0.5) is 0 Å². The third-order valence-electron chi connectivity index (χ3n) is 5.49. The number of carbonyl (C=O) groups excluding carboxylic acids is 2. The van der Waals surface area contributed by atoms with Gasteiger partial charge in [-0.15, -0.1) is 17.9 Å². The summed E-state index contributed by atoms with van der Waals surface area (Å²) in [7, 11) is 0. The Hall–Kier alpha value is -2.60. The van der Waals surface area contributed by atoms with E-state index >= 15 is 0 Å². The molecule has 0 radical (unpaired) electrons. The van der Waals surface area contributed by atoms with Gasteiger partial charge in [0.25, 0.3) is 0 Å². The number of benzene rings is 1. The van der Waals surface area contributed by atoms with Crippen molar-refractivity contribution < 1.29 is 14.3 Å². The molecule has 3 rings (SSSR count). The molecule has 0 spiro atoms. The van der Waals surface area contributed by atoms with Crippen LogP contribution < -0.4 is 4.74 Å². The summed E-state index contributed by atoms with van der Waals surface area (Å²) in [5.74, 6) is 1.08. The second-order valence-electron chi connectivity index (χ2n) is 7.88. The molecule has 0 saturated heterocycles. The Morgan fingerprint density at radius 2 is 2.03 bits per heavy atom. The highest BCUT2D eigenvalue weighted by atomic mass is 32.1. The van der Waals surface area contributed by atoms with Crippen LogP contribution in [0.5, 0.6) is 5.75 Å². The van der Waals surface area contributed by atoms with E-state index in [4.69, 9.17) is 4.74 Å². The van der Waals surface area contributed by atoms with E-state index in [2.05, 4.69) is 44.0 Å². The van der Waals surface area contributed by atoms with E-state index in [0.717, 1.165) is 17.7 Å². The standard InChI is InChI=1S/C24H30N2O3S/c1-5-12-25(18(4)27)15-24(28)26-13-10-23-21(11-14-30-23)22(26)16-29-20-8-6-19(7-9-20)17(2)3/h5-9,11,14,17,22H,1,10,12-13,15-16H2,2-4H3/t22-/m0/s1. The summed E-state index contributed by atoms with van der Waals surface area (Å²) in [6, 6.07) is 10.1. The van der Waals surface area contributed by atoms with Crippen LogP contribution in [-0.4, -0.2) is 47.9 Å². The highest BCUT2D eigenvalue weighted by molar-refractivity contribution is 7.10. The van der Waals surface area contributed by atoms with Gasteiger partial charge in [0.15, 0.2) is 0 Å². The first kappa shape index (κ1) is 22.1. The van der Waals surface area contributed by atoms with Crippen molar-refractivity contribution in [2.75, 3.05) is 26.2 Å². The molecule has 0 bridgehead atoms. The molecule has 0 saturated carbocycles. The lowest BCUT2D eigenvalue weighted by Gasteiger charge is -2.37. The van der Waals surface area contributed by atoms with Crippen molar-refractivity contribution >= 4 is 23.2 Å². The van der Waals surface area contributed by atoms with Gasteiger partial charge in [-0.05, 0) is 47.0 Å². The van der Waals surface area contributed by atoms with Crippen LogP contribution in [0.15, 0.2) is 48.4 Å². The Kier molecular flexibility index (Phi) is 7.32. The molecule has 0 N–H and O–H groups in total. The second kappa shape index (κ2) is 9.94. The first-order valence-electron chi connectivity index (χ1n) is 10.4. The van der Waals surface area contributed by atoms with Gasteiger partial charge in [0.05, 0.1) is 6.04 Å². The summed E-state index contributed by atoms with van der Waals surface area (Å²) in [5, 5.41) is 2.07. The maximum Gasteiger partial charge on any atom is 0.242 e. The quantitative estimate of drug-likeness (QED) is 0.588. The van der Waals surface area contributed by atoms with Crippen LogP contribution in [0.3, 0.4) is 0 Å². The lowest BCUT2D eigenvalue weighted by Crippen LogP contribution is -2.47. The van der Waals surface area contributed by atoms with Gasteiger partial charge in [-0.25, -0.2) is 0 Å². The van der Waals surface area contributed by atoms with E-state index in [1.165, 1.54) is 22.3 Å². The zero-order valence-corrected chi connectivity index (χ0v) is 18.8. The lowest BCUT2D eigenvalue weighted by atomic mass is 10.00. The van der Waals surface area contributed by atoms with Gasteiger partial charge in [0.1, 0.15) is 18.9 Å². The van der Waals surface area contributed by atoms with Crippen molar-refractivity contribution in [3.8, 4) is 5.75 Å². The van der Waals surface area contributed by atoms with E-state index in [1.54, 1.807) is 17.4 Å². The number of carbonyl (C=O) groups is 2. The van der Waals surface area contributed by atoms with Gasteiger partial charge in [-0.2, -0.15) is 0 Å². The maximum atomic E-state index is 13.1. The molecule has 2 amide bonds. The summed E-state index contributed by atoms with van der Waals surface area (Å²) in [6.07, 6.45) is 2.48. The fraction of sp³-hybridized carbons (Fsp3) is 0.417. The van der Waals surface area contributed by atoms with Crippen LogP contribution >= 0.6 is 11.3 Å². The highest BCUT2D eigenvalue weighted by Gasteiger charge is 2.33. The maximum absolute atomic E-state index is 13.1. The molecule has 1 aromatic carbocycles. The SMILES string of the molecule is C=CCN(CC(=O)N1CCc2sccc2[C@@H]1COc1ccc(C(C)C)cc1)C(C)=O. The number of thiophene rings is 1. The Morgan fingerprint density at radius 3 is 2.67 bits per heavy atom. The van der Waals surface area contributed by atoms with Crippen molar-refractivity contribution in [1.82, 2.24) is 9.80 Å². The molecule has 0 aliphatic carbocycles. The number of amides is 2. The normalized spacial score (nSPS) is 15.6. The molecule has 2 heterocycles. The van der Waals surface area contributed by atoms with Crippen LogP contribution in [0.1, 0.15) is 48.7 Å². The number of nitrogens with zero attached hydrogens (tertiary/aromatic N) is 2. The first-order chi connectivity index (χ1) is 14.4. The smallest absolute Gasteiger partial charge is 0.242 e. The number of rotatable bonds is 8. The van der Waals surface area contributed by atoms with E-state index in [0.29, 0.717) is 25.6 Å². The number of fused-ring (bicyclic) bond motifs is 1. The predicted molar refractivity (Wildman–Crippen MR) is 121 cm³/mol. The van der Waals surface area contributed by atoms with Crippen molar-refractivity contribution in [3.63, 3.8) is 0 Å². The van der Waals surface area contributed by atoms with Gasteiger partial charge in [-0.1, -0.05) is 32.1 Å². The topological polar surface area (TPSA) is 49.9 Å². The predicted octanol–water partition coefficient (Wildman–Crippen LogP) is 4.41. The molecule has 0 fully saturated rings. The summed E-state index contributed by atoms with van der Waals surface area (Å²) in [5.41, 5.74) is 2.42. The Bertz CT molecular complexity index is 888. The van der Waals surface area contributed by atoms with E-state index in [-0.39, 0.29) is 24.4 Å². The van der Waals surface area contributed by atoms with Crippen molar-refractivity contribution in [3.05, 3.63) is 64.4 Å². The van der Waals surface area contributed by atoms with Crippen LogP contribution in [0.2, 0.25) is 0 Å². The van der Waals surface area contributed by atoms with Gasteiger partial charge in [0.2, 0.25) is 11.8 Å². The first-order valence-corrected chi connectivity index (χ1v) is 11.2. The molecule has 30 heavy (non-hydrogen) atoms. The van der Waals surface area contributed by atoms with Crippen LogP contribution in [0.25, 0.3) is 0 Å². The molecule has 5 nitrogen and oxygen atoms in total. The van der Waals surface area contributed by atoms with Gasteiger partial charge >= 0.3 is 0 Å². The van der Waals surface area contributed by atoms with E-state index in [9.17, 15) is 9.59 Å². The highest BCUT2D eigenvalue weighted by Crippen LogP contribution is 2.34. The molecule has 2 aromatic rings. The minimum atomic E-state index is -0.158. The second-order valence-corrected chi connectivity index (χ2v) is 8.88. The fourth-order valence-corrected chi connectivity index (χ4v) is 4.64. The molecular weight excluding hydrogens is 396 g/mol. The van der Waals surface area contributed by atoms with Crippen LogP contribution in [0, 0.1) is 0 Å². The summed E-state index contributed by atoms with van der Waals surface area (Å²) in [6.45, 7) is 10.9. The van der Waals surface area contributed by atoms with Crippen molar-refractivity contribution in [2.45, 2.75) is 39.2 Å². The summed E-state index contributed by atoms with van der Waals surface area (Å²) >= 11 is 1.73. The number of hydrogen-bond donors (Lipinski definition) is 0. The lowest BCUT2D eigenvalue weighted by molar-refractivity contribution is -0.141. The van der Waals surface area contributed by atoms with Gasteiger partial charge in [-0.3, -0.25) is 9.59 Å². The molecule has 1 aliphatic heterocycles. The Labute approximate surface area is 182 Å². The number of ether oxygens (including phenoxy) is 1. The largest absolute Gasteiger partial charge is 0.491 e. The average Bonchev–Trinajstić information content (AvgIpc) is 3.20. The van der Waals surface area contributed by atoms with Crippen molar-refractivity contribution in [1.29, 1.82) is 0 Å². The molecule has 1 aromatic heterocycles. The molecular formula is C24H30N2O3S. The van der Waals surface area contributed by atoms with E-state index < -0.39 is 0 Å². The third-order valence-corrected chi connectivity index (χ3v) is 6.49. The molecule has 0 unspecified atom stereocenters. The van der Waals surface area contributed by atoms with Crippen LogP contribution in [-0.2, 0) is 16.0 Å². The summed E-state index contributed by atoms with van der Waals surface area (Å²) < 4.78 is 6.10. The minimum Gasteiger partial charge on any atom is -0.491 e. The molecule has 1 aliphatic rings. The average molecular weight is 427 g/mol. The zero-order valence-electron chi connectivity index (χ0n) is 18.0. The molecule has 160 valence electrons. The van der Waals surface area contributed by atoms with Gasteiger partial charge in [0, 0.05) is 24.9 Å². The Balaban J connectivity index is 1.75. The number of hydrogen-bond acceptors (Lipinski definition) is 4. The molecule has 6 heteroatoms. The Morgan fingerprint density at radius 1 is 1.30 bits per heavy atom. The van der Waals surface area contributed by atoms with Gasteiger partial charge < -0.3 is 14.5 Å². The molecule has 1 atom stereocenters. The third kappa shape index (κ3) is 5.11. The summed E-state index contributed by atoms with van der Waals surface area (Å²) in [4.78, 5) is 29.6. The zero-order chi connectivity index (χ0) is 21.7. The fourth-order valence-electron chi connectivity index (χ4n) is 3.71. The van der Waals surface area contributed by atoms with E-state index in [1.807, 2.05) is 17.0 Å². The minimum absolute atomic E-state index is 0.0560. The van der Waals surface area contributed by atoms with Crippen molar-refractivity contribution in [2.24, 2.45) is 0 Å².